The molecule has 29 heavy (non-hydrogen) atoms. The maximum absolute atomic E-state index is 12.5. The highest BCUT2D eigenvalue weighted by atomic mass is 19.4. The predicted octanol–water partition coefficient (Wildman–Crippen LogP) is 1.23. The predicted molar refractivity (Wildman–Crippen MR) is 96.0 cm³/mol. The Morgan fingerprint density at radius 1 is 1.00 bits per heavy atom. The first-order valence-electron chi connectivity index (χ1n) is 8.52. The van der Waals surface area contributed by atoms with Crippen molar-refractivity contribution in [1.29, 1.82) is 0 Å². The van der Waals surface area contributed by atoms with Crippen LogP contribution in [-0.2, 0) is 27.3 Å². The number of hydrogen-bond acceptors (Lipinski definition) is 6. The molecule has 0 aromatic carbocycles. The molecule has 0 saturated carbocycles. The second-order valence-corrected chi connectivity index (χ2v) is 6.26. The maximum Gasteiger partial charge on any atom is 0.417 e. The molecule has 0 atom stereocenters. The molecular weight excluding hydrogens is 395 g/mol. The quantitative estimate of drug-likeness (QED) is 0.565. The van der Waals surface area contributed by atoms with Gasteiger partial charge >= 0.3 is 11.9 Å². The monoisotopic (exact) mass is 413 g/mol. The van der Waals surface area contributed by atoms with Crippen molar-refractivity contribution < 1.29 is 22.6 Å². The molecule has 0 aliphatic rings. The number of hydrogen-bond donors (Lipinski definition) is 0. The van der Waals surface area contributed by atoms with Crippen molar-refractivity contribution in [2.45, 2.75) is 12.6 Å². The molecule has 0 fully saturated rings. The van der Waals surface area contributed by atoms with E-state index in [2.05, 4.69) is 9.97 Å². The zero-order chi connectivity index (χ0) is 21.3. The summed E-state index contributed by atoms with van der Waals surface area (Å²) in [5.74, 6) is 0.0687. The minimum atomic E-state index is -4.45. The first-order valence-corrected chi connectivity index (χ1v) is 8.52. The Morgan fingerprint density at radius 2 is 1.69 bits per heavy atom. The van der Waals surface area contributed by atoms with Gasteiger partial charge in [-0.1, -0.05) is 0 Å². The molecule has 0 saturated heterocycles. The first-order chi connectivity index (χ1) is 13.6. The van der Waals surface area contributed by atoms with Crippen LogP contribution in [0.5, 0.6) is 11.9 Å². The van der Waals surface area contributed by atoms with Crippen LogP contribution in [0.25, 0.3) is 11.2 Å². The number of aromatic nitrogens is 5. The van der Waals surface area contributed by atoms with E-state index in [9.17, 15) is 22.8 Å². The summed E-state index contributed by atoms with van der Waals surface area (Å²) < 4.78 is 52.0. The van der Waals surface area contributed by atoms with Gasteiger partial charge in [0.15, 0.2) is 11.2 Å². The smallest absolute Gasteiger partial charge is 0.417 e. The molecule has 0 unspecified atom stereocenters. The van der Waals surface area contributed by atoms with Crippen molar-refractivity contribution in [3.8, 4) is 11.9 Å². The highest BCUT2D eigenvalue weighted by molar-refractivity contribution is 5.71. The third kappa shape index (κ3) is 3.96. The number of ether oxygens (including phenoxy) is 2. The molecule has 0 spiro atoms. The summed E-state index contributed by atoms with van der Waals surface area (Å²) in [7, 11) is 4.48. The normalized spacial score (nSPS) is 11.8. The largest absolute Gasteiger partial charge is 0.478 e. The van der Waals surface area contributed by atoms with E-state index in [-0.39, 0.29) is 36.3 Å². The molecule has 0 amide bonds. The van der Waals surface area contributed by atoms with Crippen LogP contribution in [0.3, 0.4) is 0 Å². The number of fused-ring (bicyclic) bond motifs is 1. The Morgan fingerprint density at radius 3 is 2.31 bits per heavy atom. The van der Waals surface area contributed by atoms with Gasteiger partial charge in [0.25, 0.3) is 11.6 Å². The zero-order valence-corrected chi connectivity index (χ0v) is 15.9. The highest BCUT2D eigenvalue weighted by Crippen LogP contribution is 2.29. The maximum atomic E-state index is 12.5. The first kappa shape index (κ1) is 20.4. The fourth-order valence-corrected chi connectivity index (χ4v) is 2.66. The molecule has 9 nitrogen and oxygen atoms in total. The van der Waals surface area contributed by atoms with Gasteiger partial charge in [0.1, 0.15) is 0 Å². The molecule has 3 heterocycles. The molecule has 0 N–H and O–H groups in total. The molecule has 3 rings (SSSR count). The lowest BCUT2D eigenvalue weighted by Gasteiger charge is -2.09. The average molecular weight is 413 g/mol. The SMILES string of the molecule is Cn1c(=O)c2c(nc(OCCCOc3ccc(C(F)(F)F)cn3)n2C)n(C)c1=O. The van der Waals surface area contributed by atoms with Crippen molar-refractivity contribution in [2.24, 2.45) is 21.1 Å². The van der Waals surface area contributed by atoms with E-state index in [1.54, 1.807) is 7.05 Å². The second kappa shape index (κ2) is 7.60. The Bertz CT molecular complexity index is 1150. The minimum absolute atomic E-state index is 0.0687. The van der Waals surface area contributed by atoms with Gasteiger partial charge in [-0.2, -0.15) is 18.2 Å². The third-order valence-corrected chi connectivity index (χ3v) is 4.27. The van der Waals surface area contributed by atoms with Crippen LogP contribution in [0.15, 0.2) is 27.9 Å². The number of aryl methyl sites for hydroxylation is 2. The lowest BCUT2D eigenvalue weighted by Crippen LogP contribution is -2.37. The lowest BCUT2D eigenvalue weighted by molar-refractivity contribution is -0.137. The summed E-state index contributed by atoms with van der Waals surface area (Å²) in [6, 6.07) is 2.19. The summed E-state index contributed by atoms with van der Waals surface area (Å²) >= 11 is 0. The molecule has 0 bridgehead atoms. The van der Waals surface area contributed by atoms with Gasteiger partial charge in [0.2, 0.25) is 5.88 Å². The van der Waals surface area contributed by atoms with Crippen molar-refractivity contribution >= 4 is 11.2 Å². The topological polar surface area (TPSA) is 93.2 Å². The minimum Gasteiger partial charge on any atom is -0.478 e. The fourth-order valence-electron chi connectivity index (χ4n) is 2.66. The summed E-state index contributed by atoms with van der Waals surface area (Å²) in [5.41, 5.74) is -1.39. The van der Waals surface area contributed by atoms with Gasteiger partial charge in [0, 0.05) is 39.8 Å². The number of halogens is 3. The molecule has 0 radical (unpaired) electrons. The van der Waals surface area contributed by atoms with Gasteiger partial charge in [-0.15, -0.1) is 0 Å². The molecule has 156 valence electrons. The number of rotatable bonds is 6. The molecule has 3 aromatic heterocycles. The van der Waals surface area contributed by atoms with Crippen LogP contribution >= 0.6 is 0 Å². The average Bonchev–Trinajstić information content (AvgIpc) is 3.01. The zero-order valence-electron chi connectivity index (χ0n) is 15.9. The summed E-state index contributed by atoms with van der Waals surface area (Å²) in [6.07, 6.45) is -3.35. The Kier molecular flexibility index (Phi) is 5.36. The van der Waals surface area contributed by atoms with Crippen LogP contribution in [-0.4, -0.2) is 36.9 Å². The fraction of sp³-hybridized carbons (Fsp3) is 0.412. The Balaban J connectivity index is 1.60. The van der Waals surface area contributed by atoms with Crippen molar-refractivity contribution in [3.05, 3.63) is 44.7 Å². The summed E-state index contributed by atoms with van der Waals surface area (Å²) in [6.45, 7) is 0.328. The van der Waals surface area contributed by atoms with E-state index in [1.807, 2.05) is 0 Å². The van der Waals surface area contributed by atoms with Crippen LogP contribution in [0.1, 0.15) is 12.0 Å². The molecule has 0 aliphatic heterocycles. The number of imidazole rings is 1. The van der Waals surface area contributed by atoms with E-state index in [0.29, 0.717) is 12.6 Å². The van der Waals surface area contributed by atoms with Crippen molar-refractivity contribution in [2.75, 3.05) is 13.2 Å². The Labute approximate surface area is 161 Å². The molecule has 3 aromatic rings. The van der Waals surface area contributed by atoms with Gasteiger partial charge in [0.05, 0.1) is 18.8 Å². The number of pyridine rings is 1. The third-order valence-electron chi connectivity index (χ3n) is 4.27. The molecule has 0 aliphatic carbocycles. The van der Waals surface area contributed by atoms with E-state index in [4.69, 9.17) is 9.47 Å². The van der Waals surface area contributed by atoms with E-state index >= 15 is 0 Å². The van der Waals surface area contributed by atoms with Crippen LogP contribution in [0.2, 0.25) is 0 Å². The van der Waals surface area contributed by atoms with Crippen molar-refractivity contribution in [1.82, 2.24) is 23.7 Å². The van der Waals surface area contributed by atoms with Crippen LogP contribution in [0.4, 0.5) is 13.2 Å². The van der Waals surface area contributed by atoms with E-state index in [1.165, 1.54) is 23.2 Å². The van der Waals surface area contributed by atoms with Crippen LogP contribution in [0, 0.1) is 0 Å². The second-order valence-electron chi connectivity index (χ2n) is 6.26. The van der Waals surface area contributed by atoms with Gasteiger partial charge in [-0.05, 0) is 6.07 Å². The molecule has 12 heteroatoms. The Hall–Kier alpha value is -3.31. The lowest BCUT2D eigenvalue weighted by atomic mass is 10.3. The standard InChI is InChI=1S/C17H18F3N5O4/c1-23-12-13(24(2)16(27)25(3)14(12)26)22-15(23)29-8-4-7-28-11-6-5-10(9-21-11)17(18,19)20/h5-6,9H,4,7-8H2,1-3H3. The number of alkyl halides is 3. The van der Waals surface area contributed by atoms with Crippen LogP contribution < -0.4 is 20.7 Å². The summed E-state index contributed by atoms with van der Waals surface area (Å²) in [5, 5.41) is 0. The summed E-state index contributed by atoms with van der Waals surface area (Å²) in [4.78, 5) is 32.1. The van der Waals surface area contributed by atoms with Gasteiger partial charge in [-0.3, -0.25) is 18.5 Å². The van der Waals surface area contributed by atoms with Gasteiger partial charge < -0.3 is 9.47 Å². The highest BCUT2D eigenvalue weighted by Gasteiger charge is 2.30. The van der Waals surface area contributed by atoms with Crippen molar-refractivity contribution in [3.63, 3.8) is 0 Å². The van der Waals surface area contributed by atoms with E-state index < -0.39 is 23.0 Å². The molecular formula is C17H18F3N5O4. The van der Waals surface area contributed by atoms with E-state index in [0.717, 1.165) is 16.7 Å². The number of nitrogens with zero attached hydrogens (tertiary/aromatic N) is 5. The van der Waals surface area contributed by atoms with Gasteiger partial charge in [-0.25, -0.2) is 9.78 Å².